The van der Waals surface area contributed by atoms with E-state index in [0.717, 1.165) is 16.8 Å². The van der Waals surface area contributed by atoms with Crippen LogP contribution in [0, 0.1) is 0 Å². The molecule has 4 heteroatoms. The average molecular weight is 225 g/mol. The monoisotopic (exact) mass is 225 g/mol. The Kier molecular flexibility index (Phi) is 2.56. The molecule has 0 fully saturated rings. The molecule has 0 radical (unpaired) electrons. The predicted molar refractivity (Wildman–Crippen MR) is 64.6 cm³/mol. The maximum atomic E-state index is 5.87. The number of methoxy groups -OCH3 is 1. The molecule has 0 aliphatic carbocycles. The lowest BCUT2D eigenvalue weighted by atomic mass is 10.2. The Bertz CT molecular complexity index is 464. The molecule has 1 aromatic heterocycles. The van der Waals surface area contributed by atoms with Gasteiger partial charge in [0.25, 0.3) is 0 Å². The van der Waals surface area contributed by atoms with Crippen LogP contribution in [0.4, 0.5) is 5.69 Å². The van der Waals surface area contributed by atoms with Gasteiger partial charge in [0.15, 0.2) is 0 Å². The lowest BCUT2D eigenvalue weighted by Gasteiger charge is -2.05. The van der Waals surface area contributed by atoms with Crippen molar-refractivity contribution >= 4 is 38.9 Å². The van der Waals surface area contributed by atoms with Crippen LogP contribution in [0.5, 0.6) is 5.75 Å². The molecule has 0 spiro atoms. The largest absolute Gasteiger partial charge is 0.496 e. The van der Waals surface area contributed by atoms with Crippen LogP contribution in [0.1, 0.15) is 0 Å². The zero-order valence-electron chi connectivity index (χ0n) is 8.03. The van der Waals surface area contributed by atoms with Gasteiger partial charge in [-0.3, -0.25) is 0 Å². The summed E-state index contributed by atoms with van der Waals surface area (Å²) in [5.41, 5.74) is 6.67. The van der Waals surface area contributed by atoms with Crippen LogP contribution in [0.15, 0.2) is 22.4 Å². The number of hydrogen-bond donors (Lipinski definition) is 1. The molecule has 74 valence electrons. The Hall–Kier alpha value is -0.870. The molecule has 0 bridgehead atoms. The Labute approximate surface area is 91.1 Å². The number of thiophene rings is 1. The maximum Gasteiger partial charge on any atom is 0.130 e. The van der Waals surface area contributed by atoms with E-state index in [1.54, 1.807) is 30.2 Å². The van der Waals surface area contributed by atoms with Crippen molar-refractivity contribution in [2.75, 3.05) is 19.1 Å². The van der Waals surface area contributed by atoms with Gasteiger partial charge in [0.05, 0.1) is 18.2 Å². The summed E-state index contributed by atoms with van der Waals surface area (Å²) in [5.74, 6) is 0.866. The van der Waals surface area contributed by atoms with E-state index in [1.165, 1.54) is 9.60 Å². The van der Waals surface area contributed by atoms with Crippen LogP contribution < -0.4 is 10.5 Å². The predicted octanol–water partition coefficient (Wildman–Crippen LogP) is 3.21. The van der Waals surface area contributed by atoms with Gasteiger partial charge in [-0.2, -0.15) is 0 Å². The van der Waals surface area contributed by atoms with E-state index >= 15 is 0 Å². The number of fused-ring (bicyclic) bond motifs is 1. The molecule has 1 heterocycles. The van der Waals surface area contributed by atoms with E-state index in [9.17, 15) is 0 Å². The zero-order valence-corrected chi connectivity index (χ0v) is 9.67. The van der Waals surface area contributed by atoms with Crippen LogP contribution in [0.2, 0.25) is 0 Å². The van der Waals surface area contributed by atoms with Crippen molar-refractivity contribution in [2.24, 2.45) is 0 Å². The van der Waals surface area contributed by atoms with Crippen molar-refractivity contribution in [3.8, 4) is 5.75 Å². The topological polar surface area (TPSA) is 35.2 Å². The Morgan fingerprint density at radius 3 is 2.86 bits per heavy atom. The third-order valence-electron chi connectivity index (χ3n) is 2.10. The molecule has 2 nitrogen and oxygen atoms in total. The minimum atomic E-state index is 0.800. The molecule has 0 saturated carbocycles. The number of rotatable bonds is 2. The van der Waals surface area contributed by atoms with Gasteiger partial charge in [0.2, 0.25) is 0 Å². The van der Waals surface area contributed by atoms with Gasteiger partial charge >= 0.3 is 0 Å². The average Bonchev–Trinajstić information content (AvgIpc) is 2.59. The van der Waals surface area contributed by atoms with E-state index in [-0.39, 0.29) is 0 Å². The number of nitrogen functional groups attached to an aromatic ring is 1. The van der Waals surface area contributed by atoms with E-state index in [1.807, 2.05) is 11.4 Å². The standard InChI is InChI=1S/C10H11NOS2/c1-12-8-3-6(13-2)4-9-10(8)7(11)5-14-9/h3-5H,11H2,1-2H3. The molecule has 14 heavy (non-hydrogen) atoms. The number of anilines is 1. The van der Waals surface area contributed by atoms with Crippen molar-refractivity contribution in [2.45, 2.75) is 4.90 Å². The van der Waals surface area contributed by atoms with Crippen molar-refractivity contribution in [1.82, 2.24) is 0 Å². The Morgan fingerprint density at radius 2 is 2.21 bits per heavy atom. The quantitative estimate of drug-likeness (QED) is 0.797. The van der Waals surface area contributed by atoms with Crippen LogP contribution in [0.25, 0.3) is 10.1 Å². The van der Waals surface area contributed by atoms with E-state index in [0.29, 0.717) is 0 Å². The van der Waals surface area contributed by atoms with Crippen molar-refractivity contribution in [3.63, 3.8) is 0 Å². The van der Waals surface area contributed by atoms with Crippen LogP contribution >= 0.6 is 23.1 Å². The van der Waals surface area contributed by atoms with Gasteiger partial charge in [-0.1, -0.05) is 0 Å². The van der Waals surface area contributed by atoms with Crippen LogP contribution in [-0.2, 0) is 0 Å². The van der Waals surface area contributed by atoms with Gasteiger partial charge in [-0.15, -0.1) is 23.1 Å². The Balaban J connectivity index is 2.76. The minimum absolute atomic E-state index is 0.800. The SMILES string of the molecule is COc1cc(SC)cc2scc(N)c12. The lowest BCUT2D eigenvalue weighted by molar-refractivity contribution is 0.419. The molecule has 0 amide bonds. The number of thioether (sulfide) groups is 1. The highest BCUT2D eigenvalue weighted by molar-refractivity contribution is 7.98. The van der Waals surface area contributed by atoms with Crippen molar-refractivity contribution in [1.29, 1.82) is 0 Å². The second-order valence-electron chi connectivity index (χ2n) is 2.89. The fraction of sp³-hybridized carbons (Fsp3) is 0.200. The van der Waals surface area contributed by atoms with Gasteiger partial charge in [-0.05, 0) is 18.4 Å². The first-order valence-electron chi connectivity index (χ1n) is 4.15. The highest BCUT2D eigenvalue weighted by Gasteiger charge is 2.08. The molecular weight excluding hydrogens is 214 g/mol. The van der Waals surface area contributed by atoms with Gasteiger partial charge in [-0.25, -0.2) is 0 Å². The van der Waals surface area contributed by atoms with Crippen LogP contribution in [0.3, 0.4) is 0 Å². The molecule has 2 rings (SSSR count). The molecule has 2 aromatic rings. The first-order chi connectivity index (χ1) is 6.76. The van der Waals surface area contributed by atoms with E-state index in [4.69, 9.17) is 10.5 Å². The second-order valence-corrected chi connectivity index (χ2v) is 4.68. The molecular formula is C10H11NOS2. The van der Waals surface area contributed by atoms with Gasteiger partial charge < -0.3 is 10.5 Å². The van der Waals surface area contributed by atoms with Crippen molar-refractivity contribution < 1.29 is 4.74 Å². The Morgan fingerprint density at radius 1 is 1.43 bits per heavy atom. The molecule has 2 N–H and O–H groups in total. The molecule has 0 saturated heterocycles. The number of hydrogen-bond acceptors (Lipinski definition) is 4. The first kappa shape index (κ1) is 9.68. The normalized spacial score (nSPS) is 10.7. The summed E-state index contributed by atoms with van der Waals surface area (Å²) in [6.07, 6.45) is 2.05. The highest BCUT2D eigenvalue weighted by atomic mass is 32.2. The summed E-state index contributed by atoms with van der Waals surface area (Å²) in [7, 11) is 1.68. The highest BCUT2D eigenvalue weighted by Crippen LogP contribution is 2.38. The summed E-state index contributed by atoms with van der Waals surface area (Å²) >= 11 is 3.36. The fourth-order valence-corrected chi connectivity index (χ4v) is 2.85. The van der Waals surface area contributed by atoms with Gasteiger partial charge in [0.1, 0.15) is 5.75 Å². The summed E-state index contributed by atoms with van der Waals surface area (Å²) < 4.78 is 6.51. The van der Waals surface area contributed by atoms with Crippen molar-refractivity contribution in [3.05, 3.63) is 17.5 Å². The summed E-state index contributed by atoms with van der Waals surface area (Å²) in [6, 6.07) is 4.17. The molecule has 0 atom stereocenters. The number of benzene rings is 1. The minimum Gasteiger partial charge on any atom is -0.496 e. The summed E-state index contributed by atoms with van der Waals surface area (Å²) in [5, 5.41) is 2.99. The summed E-state index contributed by atoms with van der Waals surface area (Å²) in [4.78, 5) is 1.20. The number of ether oxygens (including phenoxy) is 1. The van der Waals surface area contributed by atoms with Gasteiger partial charge in [0, 0.05) is 15.0 Å². The second kappa shape index (κ2) is 3.71. The first-order valence-corrected chi connectivity index (χ1v) is 6.25. The third kappa shape index (κ3) is 1.44. The third-order valence-corrected chi connectivity index (χ3v) is 3.75. The maximum absolute atomic E-state index is 5.87. The fourth-order valence-electron chi connectivity index (χ4n) is 1.41. The van der Waals surface area contributed by atoms with E-state index < -0.39 is 0 Å². The zero-order chi connectivity index (χ0) is 10.1. The van der Waals surface area contributed by atoms with Crippen LogP contribution in [-0.4, -0.2) is 13.4 Å². The molecule has 1 aromatic carbocycles. The smallest absolute Gasteiger partial charge is 0.130 e. The van der Waals surface area contributed by atoms with E-state index in [2.05, 4.69) is 12.3 Å². The summed E-state index contributed by atoms with van der Waals surface area (Å²) in [6.45, 7) is 0. The molecule has 0 aliphatic rings. The number of nitrogens with two attached hydrogens (primary N) is 1. The molecule has 0 aliphatic heterocycles. The molecule has 0 unspecified atom stereocenters. The lowest BCUT2D eigenvalue weighted by Crippen LogP contribution is -1.87.